The van der Waals surface area contributed by atoms with E-state index in [-0.39, 0.29) is 12.7 Å². The average molecular weight is 565 g/mol. The zero-order valence-corrected chi connectivity index (χ0v) is 22.9. The molecule has 1 fully saturated rings. The number of hydrogen-bond acceptors (Lipinski definition) is 8. The summed E-state index contributed by atoms with van der Waals surface area (Å²) in [6.45, 7) is 3.20. The fourth-order valence-electron chi connectivity index (χ4n) is 3.71. The van der Waals surface area contributed by atoms with Crippen LogP contribution in [0, 0.1) is 0 Å². The highest BCUT2D eigenvalue weighted by Crippen LogP contribution is 2.27. The van der Waals surface area contributed by atoms with Crippen LogP contribution in [-0.4, -0.2) is 83.8 Å². The average Bonchev–Trinajstić information content (AvgIpc) is 2.82. The Morgan fingerprint density at radius 3 is 2.51 bits per heavy atom. The minimum Gasteiger partial charge on any atom is -0.471 e. The number of unbranched alkanes of at least 4 members (excludes halogenated alkanes) is 4. The Morgan fingerprint density at radius 1 is 1.20 bits per heavy atom. The molecule has 0 unspecified atom stereocenters. The van der Waals surface area contributed by atoms with Gasteiger partial charge in [0.2, 0.25) is 10.1 Å². The molecule has 0 spiro atoms. The number of methoxy groups -OCH3 is 1. The summed E-state index contributed by atoms with van der Waals surface area (Å²) in [6.07, 6.45) is 5.11. The van der Waals surface area contributed by atoms with E-state index in [1.807, 2.05) is 0 Å². The summed E-state index contributed by atoms with van der Waals surface area (Å²) in [7, 11) is 1.66. The largest absolute Gasteiger partial charge is 0.471 e. The summed E-state index contributed by atoms with van der Waals surface area (Å²) in [5.74, 6) is 0. The first-order chi connectivity index (χ1) is 16.7. The van der Waals surface area contributed by atoms with E-state index in [0.717, 1.165) is 19.3 Å². The quantitative estimate of drug-likeness (QED) is 0.145. The van der Waals surface area contributed by atoms with Crippen LogP contribution in [-0.2, 0) is 23.7 Å². The lowest BCUT2D eigenvalue weighted by Gasteiger charge is -2.43. The van der Waals surface area contributed by atoms with Crippen molar-refractivity contribution < 1.29 is 38.7 Å². The second-order valence-corrected chi connectivity index (χ2v) is 10.9. The molecule has 1 aliphatic heterocycles. The maximum absolute atomic E-state index is 12.4. The van der Waals surface area contributed by atoms with Crippen molar-refractivity contribution in [3.05, 3.63) is 12.3 Å². The zero-order valence-electron chi connectivity index (χ0n) is 20.7. The third-order valence-corrected chi connectivity index (χ3v) is 5.89. The molecule has 1 heterocycles. The molecule has 35 heavy (non-hydrogen) atoms. The lowest BCUT2D eigenvalue weighted by atomic mass is 9.96. The highest BCUT2D eigenvalue weighted by atomic mass is 35.6. The zero-order chi connectivity index (χ0) is 26.3. The first-order valence-electron chi connectivity index (χ1n) is 12.0. The first-order valence-corrected chi connectivity index (χ1v) is 13.2. The molecule has 0 aromatic rings. The van der Waals surface area contributed by atoms with E-state index < -0.39 is 53.7 Å². The van der Waals surface area contributed by atoms with Crippen molar-refractivity contribution >= 4 is 40.9 Å². The number of hydrogen-bond donors (Lipinski definition) is 3. The number of halogens is 3. The Morgan fingerprint density at radius 2 is 1.91 bits per heavy atom. The Kier molecular flexibility index (Phi) is 16.6. The van der Waals surface area contributed by atoms with Crippen molar-refractivity contribution in [3.8, 4) is 0 Å². The first kappa shape index (κ1) is 32.5. The highest BCUT2D eigenvalue weighted by Gasteiger charge is 2.48. The number of carbonyl (C=O) groups is 1. The van der Waals surface area contributed by atoms with Gasteiger partial charge in [-0.3, -0.25) is 0 Å². The molecule has 0 radical (unpaired) electrons. The molecule has 1 rings (SSSR count). The van der Waals surface area contributed by atoms with Gasteiger partial charge in [-0.2, -0.15) is 0 Å². The van der Waals surface area contributed by atoms with Gasteiger partial charge in [-0.1, -0.05) is 79.9 Å². The van der Waals surface area contributed by atoms with Gasteiger partial charge in [0.05, 0.1) is 19.0 Å². The Bertz CT molecular complexity index is 608. The minimum atomic E-state index is -1.79. The fourth-order valence-corrected chi connectivity index (χ4v) is 3.87. The fraction of sp³-hybridized carbons (Fsp3) is 0.870. The molecule has 1 aliphatic rings. The van der Waals surface area contributed by atoms with E-state index in [1.54, 1.807) is 20.1 Å². The van der Waals surface area contributed by atoms with Crippen LogP contribution in [0.1, 0.15) is 58.8 Å². The van der Waals surface area contributed by atoms with E-state index in [1.165, 1.54) is 25.5 Å². The molecular weight excluding hydrogens is 525 g/mol. The van der Waals surface area contributed by atoms with Crippen LogP contribution in [0.25, 0.3) is 0 Å². The van der Waals surface area contributed by atoms with Gasteiger partial charge < -0.3 is 39.2 Å². The van der Waals surface area contributed by atoms with Gasteiger partial charge in [-0.25, -0.2) is 4.79 Å². The molecule has 1 amide bonds. The van der Waals surface area contributed by atoms with E-state index in [9.17, 15) is 15.0 Å². The summed E-state index contributed by atoms with van der Waals surface area (Å²) in [4.78, 5) is 12.4. The summed E-state index contributed by atoms with van der Waals surface area (Å²) < 4.78 is 25.9. The number of carbonyl (C=O) groups excluding carboxylic acids is 1. The molecular formula is C23H40Cl3NO8. The third kappa shape index (κ3) is 13.0. The number of rotatable bonds is 16. The van der Waals surface area contributed by atoms with Crippen LogP contribution < -0.4 is 5.32 Å². The SMILES string of the molecule is CC=CO[C@@H]1O[C@H](CO)[C@@H](O)[C@H](OCC[C@@H](CCCCCCC)OC)[C@H]1NC(=O)OCC(Cl)(Cl)Cl. The van der Waals surface area contributed by atoms with E-state index >= 15 is 0 Å². The van der Waals surface area contributed by atoms with Crippen LogP contribution >= 0.6 is 34.8 Å². The number of alkyl halides is 3. The standard InChI is InChI=1S/C23H40Cl3NO8/c1-4-6-7-8-9-10-16(31-3)11-13-32-20-18(27-22(30)34-15-23(24,25)26)21(33-12-5-2)35-17(14-28)19(20)29/h5,12,16-21,28-29H,4,6-11,13-15H2,1-3H3,(H,27,30)/t16-,17-,18-,19-,20-,21-/m1/s1. The van der Waals surface area contributed by atoms with Crippen molar-refractivity contribution in [2.45, 2.75) is 99.3 Å². The van der Waals surface area contributed by atoms with Gasteiger partial charge >= 0.3 is 6.09 Å². The Balaban J connectivity index is 2.83. The molecule has 9 nitrogen and oxygen atoms in total. The summed E-state index contributed by atoms with van der Waals surface area (Å²) in [5, 5.41) is 23.0. The third-order valence-electron chi connectivity index (χ3n) is 5.57. The minimum absolute atomic E-state index is 0.00187. The molecule has 0 aliphatic carbocycles. The normalized spacial score (nSPS) is 26.0. The Hall–Kier alpha value is -0.520. The van der Waals surface area contributed by atoms with Gasteiger partial charge in [0, 0.05) is 13.7 Å². The van der Waals surface area contributed by atoms with Crippen molar-refractivity contribution in [1.29, 1.82) is 0 Å². The number of aliphatic hydroxyl groups excluding tert-OH is 2. The van der Waals surface area contributed by atoms with Crippen molar-refractivity contribution in [1.82, 2.24) is 5.32 Å². The maximum Gasteiger partial charge on any atom is 0.407 e. The molecule has 0 saturated carbocycles. The number of alkyl carbamates (subject to hydrolysis) is 1. The van der Waals surface area contributed by atoms with Crippen LogP contribution in [0.4, 0.5) is 4.79 Å². The highest BCUT2D eigenvalue weighted by molar-refractivity contribution is 6.67. The molecule has 0 aromatic carbocycles. The van der Waals surface area contributed by atoms with Crippen molar-refractivity contribution in [3.63, 3.8) is 0 Å². The van der Waals surface area contributed by atoms with E-state index in [2.05, 4.69) is 12.2 Å². The molecule has 206 valence electrons. The number of allylic oxidation sites excluding steroid dienone is 1. The summed E-state index contributed by atoms with van der Waals surface area (Å²) in [6, 6.07) is -0.984. The Labute approximate surface area is 223 Å². The molecule has 6 atom stereocenters. The second-order valence-electron chi connectivity index (χ2n) is 8.37. The molecule has 1 saturated heterocycles. The van der Waals surface area contributed by atoms with Crippen molar-refractivity contribution in [2.24, 2.45) is 0 Å². The molecule has 0 bridgehead atoms. The molecule has 0 aromatic heterocycles. The number of ether oxygens (including phenoxy) is 5. The smallest absolute Gasteiger partial charge is 0.407 e. The number of nitrogens with one attached hydrogen (secondary N) is 1. The topological polar surface area (TPSA) is 116 Å². The number of amides is 1. The van der Waals surface area contributed by atoms with Gasteiger partial charge in [0.25, 0.3) is 0 Å². The summed E-state index contributed by atoms with van der Waals surface area (Å²) in [5.41, 5.74) is 0. The van der Waals surface area contributed by atoms with Gasteiger partial charge in [0.1, 0.15) is 31.0 Å². The monoisotopic (exact) mass is 563 g/mol. The lowest BCUT2D eigenvalue weighted by molar-refractivity contribution is -0.263. The predicted molar refractivity (Wildman–Crippen MR) is 135 cm³/mol. The second kappa shape index (κ2) is 17.9. The molecule has 3 N–H and O–H groups in total. The van der Waals surface area contributed by atoms with E-state index in [4.69, 9.17) is 58.5 Å². The van der Waals surface area contributed by atoms with Crippen LogP contribution in [0.5, 0.6) is 0 Å². The van der Waals surface area contributed by atoms with Crippen LogP contribution in [0.2, 0.25) is 0 Å². The summed E-state index contributed by atoms with van der Waals surface area (Å²) >= 11 is 16.9. The van der Waals surface area contributed by atoms with Gasteiger partial charge in [-0.05, 0) is 19.8 Å². The van der Waals surface area contributed by atoms with E-state index in [0.29, 0.717) is 6.42 Å². The number of aliphatic hydroxyl groups is 2. The van der Waals surface area contributed by atoms with Crippen LogP contribution in [0.3, 0.4) is 0 Å². The van der Waals surface area contributed by atoms with Crippen LogP contribution in [0.15, 0.2) is 12.3 Å². The van der Waals surface area contributed by atoms with Crippen molar-refractivity contribution in [2.75, 3.05) is 26.9 Å². The maximum atomic E-state index is 12.4. The lowest BCUT2D eigenvalue weighted by Crippen LogP contribution is -2.65. The van der Waals surface area contributed by atoms with Gasteiger partial charge in [0.15, 0.2) is 0 Å². The molecule has 12 heteroatoms. The van der Waals surface area contributed by atoms with Gasteiger partial charge in [-0.15, -0.1) is 0 Å². The predicted octanol–water partition coefficient (Wildman–Crippen LogP) is 4.23.